The van der Waals surface area contributed by atoms with E-state index in [2.05, 4.69) is 47.7 Å². The first-order valence-electron chi connectivity index (χ1n) is 17.9. The van der Waals surface area contributed by atoms with Crippen LogP contribution in [-0.4, -0.2) is 144 Å². The van der Waals surface area contributed by atoms with Gasteiger partial charge in [-0.1, -0.05) is 35.5 Å². The van der Waals surface area contributed by atoms with Gasteiger partial charge in [-0.25, -0.2) is 0 Å². The lowest BCUT2D eigenvalue weighted by Gasteiger charge is -2.28. The molecule has 22 heteroatoms. The molecule has 1 aliphatic rings. The molecule has 1 aromatic rings. The van der Waals surface area contributed by atoms with Crippen molar-refractivity contribution >= 4 is 47.3 Å². The first-order valence-corrected chi connectivity index (χ1v) is 17.9. The molecule has 0 aromatic heterocycles. The summed E-state index contributed by atoms with van der Waals surface area (Å²) in [6, 6.07) is -1.67. The minimum atomic E-state index is -1.76. The Morgan fingerprint density at radius 2 is 1.59 bits per heavy atom. The SMILES string of the molecule is CN[C@@H](CN=O)C(=O)N[C@H]1CCC(=O)NCCCC[C@@H](C(=O)N[C@@H](CO)C(=O)N[C@@H](Cc2ccccc2)C(N)=O)NC(=O)[C@H](CO)NC(=O)[C@H](C(C)O)NC1=O. The Labute approximate surface area is 322 Å². The van der Waals surface area contributed by atoms with E-state index in [0.29, 0.717) is 5.56 Å². The summed E-state index contributed by atoms with van der Waals surface area (Å²) in [7, 11) is 1.38. The number of hydrogen-bond donors (Lipinski definition) is 12. The number of carbonyl (C=O) groups is 8. The highest BCUT2D eigenvalue weighted by atomic mass is 16.3. The standard InChI is InChI=1S/C34H52N10O12/c1-18(47)27-34(55)43-25(17-46)32(53)39-20(29(50)42-24(16-45)33(54)41-22(28(35)49)14-19-8-4-3-5-9-19)10-6-7-13-37-26(48)12-11-21(30(51)44-27)40-31(52)23(36-2)15-38-56/h3-5,8-9,18,20-25,27,36,45-47H,6-7,10-17H2,1-2H3,(H2,35,49)(H,37,48)(H,39,53)(H,40,52)(H,41,54)(H,42,50)(H,43,55)(H,44,51)/t18?,20-,21-,22-,23-,24-,25-,27-/m0/s1. The lowest BCUT2D eigenvalue weighted by Crippen LogP contribution is -2.62. The van der Waals surface area contributed by atoms with Crippen molar-refractivity contribution in [3.05, 3.63) is 40.8 Å². The number of aliphatic hydroxyl groups is 3. The Hall–Kier alpha value is -5.58. The third kappa shape index (κ3) is 15.3. The molecule has 1 aromatic carbocycles. The second-order valence-corrected chi connectivity index (χ2v) is 13.0. The van der Waals surface area contributed by atoms with Gasteiger partial charge < -0.3 is 63.6 Å². The molecule has 22 nitrogen and oxygen atoms in total. The third-order valence-electron chi connectivity index (χ3n) is 8.73. The normalized spacial score (nSPS) is 22.4. The highest BCUT2D eigenvalue weighted by Crippen LogP contribution is 2.08. The average Bonchev–Trinajstić information content (AvgIpc) is 3.16. The molecular formula is C34H52N10O12. The number of amides is 8. The van der Waals surface area contributed by atoms with E-state index in [1.807, 2.05) is 0 Å². The van der Waals surface area contributed by atoms with Gasteiger partial charge in [0.05, 0.1) is 19.3 Å². The van der Waals surface area contributed by atoms with Gasteiger partial charge >= 0.3 is 0 Å². The van der Waals surface area contributed by atoms with Crippen LogP contribution in [0.5, 0.6) is 0 Å². The van der Waals surface area contributed by atoms with Crippen molar-refractivity contribution in [3.8, 4) is 0 Å². The van der Waals surface area contributed by atoms with E-state index in [9.17, 15) is 58.6 Å². The number of primary amides is 1. The Bertz CT molecular complexity index is 1530. The predicted molar refractivity (Wildman–Crippen MR) is 196 cm³/mol. The maximum absolute atomic E-state index is 13.5. The van der Waals surface area contributed by atoms with Gasteiger partial charge in [-0.05, 0) is 45.2 Å². The van der Waals surface area contributed by atoms with Gasteiger partial charge in [-0.15, -0.1) is 0 Å². The Kier molecular flexibility index (Phi) is 20.0. The highest BCUT2D eigenvalue weighted by Gasteiger charge is 2.35. The predicted octanol–water partition coefficient (Wildman–Crippen LogP) is -5.58. The van der Waals surface area contributed by atoms with Crippen LogP contribution < -0.4 is 48.3 Å². The first kappa shape index (κ1) is 46.6. The number of rotatable bonds is 15. The van der Waals surface area contributed by atoms with Crippen molar-refractivity contribution in [2.75, 3.05) is 33.4 Å². The van der Waals surface area contributed by atoms with E-state index in [1.54, 1.807) is 30.3 Å². The molecule has 1 unspecified atom stereocenters. The second-order valence-electron chi connectivity index (χ2n) is 13.0. The number of nitrogens with zero attached hydrogens (tertiary/aromatic N) is 1. The summed E-state index contributed by atoms with van der Waals surface area (Å²) in [6.45, 7) is -1.19. The largest absolute Gasteiger partial charge is 0.394 e. The zero-order valence-corrected chi connectivity index (χ0v) is 31.1. The maximum atomic E-state index is 13.5. The number of likely N-dealkylation sites (N-methyl/N-ethyl adjacent to an activating group) is 1. The zero-order valence-electron chi connectivity index (χ0n) is 31.1. The lowest BCUT2D eigenvalue weighted by molar-refractivity contribution is -0.137. The molecule has 0 bridgehead atoms. The summed E-state index contributed by atoms with van der Waals surface area (Å²) in [6.07, 6.45) is -1.80. The van der Waals surface area contributed by atoms with Crippen molar-refractivity contribution in [1.82, 2.24) is 42.5 Å². The molecule has 0 radical (unpaired) electrons. The minimum absolute atomic E-state index is 0.0196. The second kappa shape index (κ2) is 24.0. The summed E-state index contributed by atoms with van der Waals surface area (Å²) in [4.78, 5) is 115. The van der Waals surface area contributed by atoms with Crippen molar-refractivity contribution in [2.24, 2.45) is 10.9 Å². The molecule has 310 valence electrons. The van der Waals surface area contributed by atoms with Crippen LogP contribution in [0.4, 0.5) is 0 Å². The average molecular weight is 793 g/mol. The van der Waals surface area contributed by atoms with Crippen LogP contribution in [0.2, 0.25) is 0 Å². The number of carbonyl (C=O) groups excluding carboxylic acids is 8. The molecule has 1 aliphatic heterocycles. The highest BCUT2D eigenvalue weighted by molar-refractivity contribution is 5.97. The molecule has 2 rings (SSSR count). The number of nitrogens with two attached hydrogens (primary N) is 1. The van der Waals surface area contributed by atoms with Crippen LogP contribution in [0, 0.1) is 4.91 Å². The van der Waals surface area contributed by atoms with Crippen LogP contribution in [-0.2, 0) is 44.8 Å². The summed E-state index contributed by atoms with van der Waals surface area (Å²) >= 11 is 0. The number of hydrogen-bond acceptors (Lipinski definition) is 14. The third-order valence-corrected chi connectivity index (χ3v) is 8.73. The van der Waals surface area contributed by atoms with E-state index in [4.69, 9.17) is 5.73 Å². The minimum Gasteiger partial charge on any atom is -0.394 e. The zero-order chi connectivity index (χ0) is 41.8. The molecule has 1 heterocycles. The van der Waals surface area contributed by atoms with Gasteiger partial charge in [0.2, 0.25) is 47.3 Å². The fourth-order valence-corrected chi connectivity index (χ4v) is 5.45. The lowest BCUT2D eigenvalue weighted by atomic mass is 10.0. The molecule has 56 heavy (non-hydrogen) atoms. The maximum Gasteiger partial charge on any atom is 0.245 e. The van der Waals surface area contributed by atoms with E-state index in [0.717, 1.165) is 6.92 Å². The Morgan fingerprint density at radius 3 is 2.18 bits per heavy atom. The van der Waals surface area contributed by atoms with E-state index in [1.165, 1.54) is 7.05 Å². The molecular weight excluding hydrogens is 740 g/mol. The number of nitroso groups, excluding NO2 is 1. The molecule has 1 fully saturated rings. The van der Waals surface area contributed by atoms with Gasteiger partial charge in [-0.2, -0.15) is 4.91 Å². The van der Waals surface area contributed by atoms with E-state index < -0.39 is 115 Å². The molecule has 0 spiro atoms. The van der Waals surface area contributed by atoms with Crippen LogP contribution in [0.15, 0.2) is 35.5 Å². The van der Waals surface area contributed by atoms with E-state index in [-0.39, 0.29) is 45.1 Å². The van der Waals surface area contributed by atoms with Crippen LogP contribution in [0.1, 0.15) is 44.6 Å². The van der Waals surface area contributed by atoms with Crippen molar-refractivity contribution < 1.29 is 53.7 Å². The van der Waals surface area contributed by atoms with Crippen LogP contribution in [0.25, 0.3) is 0 Å². The number of aliphatic hydroxyl groups excluding tert-OH is 3. The first-order chi connectivity index (χ1) is 26.6. The van der Waals surface area contributed by atoms with Gasteiger partial charge in [-0.3, -0.25) is 38.4 Å². The molecule has 8 atom stereocenters. The number of nitrogens with one attached hydrogen (secondary N) is 8. The van der Waals surface area contributed by atoms with Crippen LogP contribution >= 0.6 is 0 Å². The van der Waals surface area contributed by atoms with Crippen molar-refractivity contribution in [3.63, 3.8) is 0 Å². The Balaban J connectivity index is 2.29. The monoisotopic (exact) mass is 792 g/mol. The van der Waals surface area contributed by atoms with Gasteiger partial charge in [0.25, 0.3) is 0 Å². The summed E-state index contributed by atoms with van der Waals surface area (Å²) in [5.41, 5.74) is 6.15. The summed E-state index contributed by atoms with van der Waals surface area (Å²) < 4.78 is 0. The fraction of sp³-hybridized carbons (Fsp3) is 0.588. The molecule has 0 saturated carbocycles. The molecule has 1 saturated heterocycles. The molecule has 13 N–H and O–H groups in total. The topological polar surface area (TPSA) is 349 Å². The Morgan fingerprint density at radius 1 is 0.893 bits per heavy atom. The van der Waals surface area contributed by atoms with Crippen molar-refractivity contribution in [2.45, 2.75) is 93.8 Å². The molecule has 8 amide bonds. The molecule has 0 aliphatic carbocycles. The quantitative estimate of drug-likeness (QED) is 0.0739. The van der Waals surface area contributed by atoms with Crippen molar-refractivity contribution in [1.29, 1.82) is 0 Å². The summed E-state index contributed by atoms with van der Waals surface area (Å²) in [5, 5.41) is 52.3. The number of benzene rings is 1. The summed E-state index contributed by atoms with van der Waals surface area (Å²) in [5.74, 6) is -7.37. The van der Waals surface area contributed by atoms with Gasteiger partial charge in [0.15, 0.2) is 0 Å². The van der Waals surface area contributed by atoms with E-state index >= 15 is 0 Å². The smallest absolute Gasteiger partial charge is 0.245 e. The van der Waals surface area contributed by atoms with Gasteiger partial charge in [0.1, 0.15) is 48.8 Å². The van der Waals surface area contributed by atoms with Gasteiger partial charge in [0, 0.05) is 19.4 Å². The van der Waals surface area contributed by atoms with Crippen LogP contribution in [0.3, 0.4) is 0 Å². The fourth-order valence-electron chi connectivity index (χ4n) is 5.45.